The molecule has 0 atom stereocenters. The van der Waals surface area contributed by atoms with E-state index in [1.54, 1.807) is 13.8 Å². The second-order valence-electron chi connectivity index (χ2n) is 8.99. The summed E-state index contributed by atoms with van der Waals surface area (Å²) in [6.45, 7) is 6.42. The molecule has 0 saturated carbocycles. The number of amides is 2. The average molecular weight is 402 g/mol. The summed E-state index contributed by atoms with van der Waals surface area (Å²) in [4.78, 5) is 25.3. The Hall–Kier alpha value is -2.08. The van der Waals surface area contributed by atoms with Crippen LogP contribution in [0.15, 0.2) is 12.1 Å². The minimum atomic E-state index is -1.03. The molecule has 1 aliphatic heterocycles. The van der Waals surface area contributed by atoms with Crippen LogP contribution < -0.4 is 16.2 Å². The lowest BCUT2D eigenvalue weighted by molar-refractivity contribution is -0.130. The lowest BCUT2D eigenvalue weighted by Gasteiger charge is -2.35. The van der Waals surface area contributed by atoms with Crippen LogP contribution in [0.4, 0.5) is 0 Å². The number of fused-ring (bicyclic) bond motifs is 1. The van der Waals surface area contributed by atoms with Gasteiger partial charge in [-0.3, -0.25) is 9.59 Å². The van der Waals surface area contributed by atoms with Gasteiger partial charge in [0.2, 0.25) is 5.91 Å². The minimum absolute atomic E-state index is 0.229. The lowest BCUT2D eigenvalue weighted by Crippen LogP contribution is -2.44. The maximum atomic E-state index is 11.9. The van der Waals surface area contributed by atoms with E-state index in [1.807, 2.05) is 0 Å². The van der Waals surface area contributed by atoms with Crippen LogP contribution in [0.2, 0.25) is 0 Å². The highest BCUT2D eigenvalue weighted by Gasteiger charge is 2.32. The number of primary amides is 2. The second-order valence-corrected chi connectivity index (χ2v) is 8.99. The molecular weight excluding hydrogens is 366 g/mol. The summed E-state index contributed by atoms with van der Waals surface area (Å²) < 4.78 is 6.32. The molecule has 0 unspecified atom stereocenters. The number of rotatable bonds is 8. The van der Waals surface area contributed by atoms with Crippen LogP contribution in [0, 0.1) is 0 Å². The second kappa shape index (κ2) is 9.16. The fourth-order valence-corrected chi connectivity index (χ4v) is 4.50. The Bertz CT molecular complexity index is 752. The normalized spacial score (nSPS) is 18.3. The first-order chi connectivity index (χ1) is 13.8. The molecule has 1 aliphatic carbocycles. The SMILES string of the molecule is CC(C)(Oc1c(C2CCN(CCCC(N)=O)CC2)ccc2c1CCCC2)C(N)=O. The first kappa shape index (κ1) is 21.6. The van der Waals surface area contributed by atoms with E-state index in [2.05, 4.69) is 17.0 Å². The van der Waals surface area contributed by atoms with E-state index in [0.29, 0.717) is 12.3 Å². The van der Waals surface area contributed by atoms with Crippen molar-refractivity contribution >= 4 is 11.8 Å². The molecule has 0 aromatic heterocycles. The van der Waals surface area contributed by atoms with E-state index in [-0.39, 0.29) is 5.91 Å². The largest absolute Gasteiger partial charge is 0.477 e. The van der Waals surface area contributed by atoms with Crippen LogP contribution in [0.1, 0.15) is 75.0 Å². The van der Waals surface area contributed by atoms with E-state index in [1.165, 1.54) is 23.1 Å². The molecular formula is C23H35N3O3. The van der Waals surface area contributed by atoms with Gasteiger partial charge in [0.1, 0.15) is 5.75 Å². The van der Waals surface area contributed by atoms with Gasteiger partial charge in [0.15, 0.2) is 5.60 Å². The zero-order chi connectivity index (χ0) is 21.0. The summed E-state index contributed by atoms with van der Waals surface area (Å²) in [5.74, 6) is 0.639. The molecule has 4 N–H and O–H groups in total. The number of carbonyl (C=O) groups is 2. The molecule has 0 spiro atoms. The van der Waals surface area contributed by atoms with Gasteiger partial charge in [-0.1, -0.05) is 12.1 Å². The Balaban J connectivity index is 1.77. The standard InChI is InChI=1S/C23H35N3O3/c1-23(2,22(25)28)29-21-18-7-4-3-6-16(18)9-10-19(21)17-11-14-26(15-12-17)13-5-8-20(24)27/h9-10,17H,3-8,11-15H2,1-2H3,(H2,24,27)(H2,25,28). The quantitative estimate of drug-likeness (QED) is 0.699. The average Bonchev–Trinajstić information content (AvgIpc) is 2.68. The van der Waals surface area contributed by atoms with E-state index >= 15 is 0 Å². The van der Waals surface area contributed by atoms with Gasteiger partial charge < -0.3 is 21.1 Å². The number of carbonyl (C=O) groups excluding carboxylic acids is 2. The van der Waals surface area contributed by atoms with Crippen LogP contribution in [0.5, 0.6) is 5.75 Å². The molecule has 0 radical (unpaired) electrons. The van der Waals surface area contributed by atoms with Crippen molar-refractivity contribution in [3.8, 4) is 5.75 Å². The van der Waals surface area contributed by atoms with Crippen LogP contribution in [0.3, 0.4) is 0 Å². The van der Waals surface area contributed by atoms with Crippen molar-refractivity contribution < 1.29 is 14.3 Å². The third-order valence-corrected chi connectivity index (χ3v) is 6.39. The molecule has 0 bridgehead atoms. The van der Waals surface area contributed by atoms with Crippen LogP contribution in [-0.2, 0) is 22.4 Å². The summed E-state index contributed by atoms with van der Waals surface area (Å²) in [7, 11) is 0. The topological polar surface area (TPSA) is 98.7 Å². The van der Waals surface area contributed by atoms with Crippen molar-refractivity contribution in [1.82, 2.24) is 4.90 Å². The summed E-state index contributed by atoms with van der Waals surface area (Å²) in [6.07, 6.45) is 7.79. The lowest BCUT2D eigenvalue weighted by atomic mass is 9.83. The number of aryl methyl sites for hydroxylation is 1. The van der Waals surface area contributed by atoms with E-state index in [0.717, 1.165) is 63.9 Å². The summed E-state index contributed by atoms with van der Waals surface area (Å²) in [5.41, 5.74) is 13.7. The van der Waals surface area contributed by atoms with Gasteiger partial charge in [0.05, 0.1) is 0 Å². The third kappa shape index (κ3) is 5.30. The monoisotopic (exact) mass is 401 g/mol. The molecule has 29 heavy (non-hydrogen) atoms. The van der Waals surface area contributed by atoms with Crippen molar-refractivity contribution in [3.05, 3.63) is 28.8 Å². The maximum absolute atomic E-state index is 11.9. The van der Waals surface area contributed by atoms with Gasteiger partial charge in [-0.25, -0.2) is 0 Å². The third-order valence-electron chi connectivity index (χ3n) is 6.39. The van der Waals surface area contributed by atoms with Crippen molar-refractivity contribution in [2.24, 2.45) is 11.5 Å². The van der Waals surface area contributed by atoms with E-state index < -0.39 is 11.5 Å². The smallest absolute Gasteiger partial charge is 0.261 e. The van der Waals surface area contributed by atoms with Gasteiger partial charge >= 0.3 is 0 Å². The fraction of sp³-hybridized carbons (Fsp3) is 0.652. The highest BCUT2D eigenvalue weighted by Crippen LogP contribution is 2.41. The number of likely N-dealkylation sites (tertiary alicyclic amines) is 1. The van der Waals surface area contributed by atoms with Gasteiger partial charge in [-0.2, -0.15) is 0 Å². The molecule has 1 saturated heterocycles. The maximum Gasteiger partial charge on any atom is 0.261 e. The summed E-state index contributed by atoms with van der Waals surface area (Å²) in [5, 5.41) is 0. The molecule has 6 heteroatoms. The Morgan fingerprint density at radius 3 is 2.48 bits per heavy atom. The van der Waals surface area contributed by atoms with Crippen molar-refractivity contribution in [2.75, 3.05) is 19.6 Å². The predicted octanol–water partition coefficient (Wildman–Crippen LogP) is 2.65. The summed E-state index contributed by atoms with van der Waals surface area (Å²) in [6, 6.07) is 4.47. The minimum Gasteiger partial charge on any atom is -0.477 e. The highest BCUT2D eigenvalue weighted by atomic mass is 16.5. The van der Waals surface area contributed by atoms with Gasteiger partial charge in [0.25, 0.3) is 5.91 Å². The fourth-order valence-electron chi connectivity index (χ4n) is 4.50. The molecule has 1 aromatic rings. The van der Waals surface area contributed by atoms with E-state index in [4.69, 9.17) is 16.2 Å². The van der Waals surface area contributed by atoms with Crippen LogP contribution in [-0.4, -0.2) is 41.9 Å². The van der Waals surface area contributed by atoms with Crippen molar-refractivity contribution in [2.45, 2.75) is 76.7 Å². The summed E-state index contributed by atoms with van der Waals surface area (Å²) >= 11 is 0. The van der Waals surface area contributed by atoms with Gasteiger partial charge in [0, 0.05) is 6.42 Å². The highest BCUT2D eigenvalue weighted by molar-refractivity contribution is 5.83. The molecule has 3 rings (SSSR count). The van der Waals surface area contributed by atoms with Crippen molar-refractivity contribution in [3.63, 3.8) is 0 Å². The Morgan fingerprint density at radius 2 is 1.83 bits per heavy atom. The number of hydrogen-bond acceptors (Lipinski definition) is 4. The molecule has 160 valence electrons. The Kier molecular flexibility index (Phi) is 6.83. The number of benzene rings is 1. The molecule has 6 nitrogen and oxygen atoms in total. The zero-order valence-electron chi connectivity index (χ0n) is 17.8. The van der Waals surface area contributed by atoms with Crippen molar-refractivity contribution in [1.29, 1.82) is 0 Å². The number of hydrogen-bond donors (Lipinski definition) is 2. The van der Waals surface area contributed by atoms with Crippen LogP contribution in [0.25, 0.3) is 0 Å². The molecule has 2 amide bonds. The van der Waals surface area contributed by atoms with Gasteiger partial charge in [-0.05, 0) is 101 Å². The Morgan fingerprint density at radius 1 is 1.14 bits per heavy atom. The number of ether oxygens (including phenoxy) is 1. The zero-order valence-corrected chi connectivity index (χ0v) is 17.8. The molecule has 1 fully saturated rings. The molecule has 2 aliphatic rings. The number of nitrogens with zero attached hydrogens (tertiary/aromatic N) is 1. The van der Waals surface area contributed by atoms with Crippen LogP contribution >= 0.6 is 0 Å². The number of nitrogens with two attached hydrogens (primary N) is 2. The first-order valence-electron chi connectivity index (χ1n) is 10.9. The Labute approximate surface area is 173 Å². The number of piperidine rings is 1. The van der Waals surface area contributed by atoms with E-state index in [9.17, 15) is 9.59 Å². The first-order valence-corrected chi connectivity index (χ1v) is 10.9. The molecule has 1 heterocycles. The van der Waals surface area contributed by atoms with Gasteiger partial charge in [-0.15, -0.1) is 0 Å². The molecule has 1 aromatic carbocycles. The predicted molar refractivity (Wildman–Crippen MR) is 114 cm³/mol.